The smallest absolute Gasteiger partial charge is 0.167 e. The van der Waals surface area contributed by atoms with E-state index in [4.69, 9.17) is 19.9 Å². The lowest BCUT2D eigenvalue weighted by Crippen LogP contribution is -2.35. The molecule has 2 aromatic heterocycles. The highest BCUT2D eigenvalue weighted by molar-refractivity contribution is 5.81. The van der Waals surface area contributed by atoms with Gasteiger partial charge in [-0.1, -0.05) is 0 Å². The van der Waals surface area contributed by atoms with Crippen LogP contribution in [0.25, 0.3) is 11.2 Å². The molecule has 0 aliphatic carbocycles. The first kappa shape index (κ1) is 14.1. The lowest BCUT2D eigenvalue weighted by Gasteiger charge is -2.18. The van der Waals surface area contributed by atoms with E-state index in [0.29, 0.717) is 17.8 Å². The number of hydrogen-bond acceptors (Lipinski definition) is 8. The van der Waals surface area contributed by atoms with Gasteiger partial charge in [0.15, 0.2) is 17.7 Å². The number of nitrogen functional groups attached to an aromatic ring is 1. The van der Waals surface area contributed by atoms with Crippen molar-refractivity contribution in [1.82, 2.24) is 19.5 Å². The second kappa shape index (κ2) is 5.53. The Hall–Kier alpha value is -1.81. The number of aliphatic hydroxyl groups is 1. The molecule has 0 unspecified atom stereocenters. The van der Waals surface area contributed by atoms with Crippen molar-refractivity contribution in [2.45, 2.75) is 24.5 Å². The van der Waals surface area contributed by atoms with Gasteiger partial charge in [0, 0.05) is 14.2 Å². The third kappa shape index (κ3) is 2.23. The van der Waals surface area contributed by atoms with Crippen LogP contribution in [0.15, 0.2) is 12.7 Å². The largest absolute Gasteiger partial charge is 0.386 e. The standard InChI is InChI=1S/C12H17N5O4/c1-19-3-6-9(20-2)8(18)12(21-6)17-5-16-7-10(13)14-4-15-11(7)17/h4-6,8-9,12,18H,3H2,1-2H3,(H2,13,14,15)/t6-,8-,9-,12-/m1/s1. The summed E-state index contributed by atoms with van der Waals surface area (Å²) >= 11 is 0. The van der Waals surface area contributed by atoms with Gasteiger partial charge < -0.3 is 25.1 Å². The topological polar surface area (TPSA) is 118 Å². The van der Waals surface area contributed by atoms with Gasteiger partial charge in [-0.3, -0.25) is 4.57 Å². The second-order valence-corrected chi connectivity index (χ2v) is 4.79. The molecule has 0 amide bonds. The molecule has 3 heterocycles. The van der Waals surface area contributed by atoms with Crippen LogP contribution in [-0.4, -0.2) is 63.8 Å². The van der Waals surface area contributed by atoms with Crippen molar-refractivity contribution in [3.05, 3.63) is 12.7 Å². The number of anilines is 1. The van der Waals surface area contributed by atoms with E-state index in [1.165, 1.54) is 19.8 Å². The number of hydrogen-bond donors (Lipinski definition) is 2. The van der Waals surface area contributed by atoms with Crippen LogP contribution in [0.3, 0.4) is 0 Å². The number of nitrogens with two attached hydrogens (primary N) is 1. The Morgan fingerprint density at radius 2 is 2.19 bits per heavy atom. The Balaban J connectivity index is 1.97. The SMILES string of the molecule is COC[C@H]1O[C@@H](n2cnc3c(N)ncnc32)[C@H](O)[C@@H]1OC. The monoisotopic (exact) mass is 295 g/mol. The highest BCUT2D eigenvalue weighted by atomic mass is 16.6. The van der Waals surface area contributed by atoms with E-state index < -0.39 is 18.4 Å². The molecule has 0 aromatic carbocycles. The van der Waals surface area contributed by atoms with Crippen LogP contribution >= 0.6 is 0 Å². The van der Waals surface area contributed by atoms with Crippen LogP contribution in [0.2, 0.25) is 0 Å². The van der Waals surface area contributed by atoms with Gasteiger partial charge in [0.1, 0.15) is 30.2 Å². The Labute approximate surface area is 120 Å². The van der Waals surface area contributed by atoms with Crippen LogP contribution < -0.4 is 5.73 Å². The van der Waals surface area contributed by atoms with Crippen LogP contribution in [0.1, 0.15) is 6.23 Å². The first-order valence-corrected chi connectivity index (χ1v) is 6.45. The van der Waals surface area contributed by atoms with E-state index >= 15 is 0 Å². The molecule has 2 aromatic rings. The molecule has 9 heteroatoms. The number of rotatable bonds is 4. The Morgan fingerprint density at radius 3 is 2.90 bits per heavy atom. The van der Waals surface area contributed by atoms with Gasteiger partial charge in [-0.05, 0) is 0 Å². The third-order valence-corrected chi connectivity index (χ3v) is 3.57. The van der Waals surface area contributed by atoms with Crippen LogP contribution in [-0.2, 0) is 14.2 Å². The van der Waals surface area contributed by atoms with Gasteiger partial charge in [0.05, 0.1) is 12.9 Å². The van der Waals surface area contributed by atoms with Gasteiger partial charge in [0.25, 0.3) is 0 Å². The average Bonchev–Trinajstić information content (AvgIpc) is 3.02. The Morgan fingerprint density at radius 1 is 1.38 bits per heavy atom. The molecule has 21 heavy (non-hydrogen) atoms. The molecule has 3 N–H and O–H groups in total. The molecule has 4 atom stereocenters. The summed E-state index contributed by atoms with van der Waals surface area (Å²) in [4.78, 5) is 12.2. The summed E-state index contributed by atoms with van der Waals surface area (Å²) in [6.07, 6.45) is 0.449. The second-order valence-electron chi connectivity index (χ2n) is 4.79. The van der Waals surface area contributed by atoms with E-state index in [1.54, 1.807) is 11.7 Å². The average molecular weight is 295 g/mol. The van der Waals surface area contributed by atoms with Crippen molar-refractivity contribution in [3.8, 4) is 0 Å². The number of fused-ring (bicyclic) bond motifs is 1. The summed E-state index contributed by atoms with van der Waals surface area (Å²) < 4.78 is 17.9. The molecule has 1 aliphatic heterocycles. The zero-order chi connectivity index (χ0) is 15.0. The minimum absolute atomic E-state index is 0.281. The minimum Gasteiger partial charge on any atom is -0.386 e. The van der Waals surface area contributed by atoms with Gasteiger partial charge in [-0.2, -0.15) is 0 Å². The summed E-state index contributed by atoms with van der Waals surface area (Å²) in [5, 5.41) is 10.4. The maximum Gasteiger partial charge on any atom is 0.167 e. The maximum absolute atomic E-state index is 10.4. The lowest BCUT2D eigenvalue weighted by molar-refractivity contribution is -0.0612. The molecular formula is C12H17N5O4. The molecule has 1 fully saturated rings. The number of aliphatic hydroxyl groups excluding tert-OH is 1. The molecule has 1 aliphatic rings. The van der Waals surface area contributed by atoms with Crippen LogP contribution in [0.5, 0.6) is 0 Å². The molecule has 114 valence electrons. The van der Waals surface area contributed by atoms with Crippen LogP contribution in [0, 0.1) is 0 Å². The van der Waals surface area contributed by atoms with E-state index in [2.05, 4.69) is 15.0 Å². The molecule has 0 spiro atoms. The number of ether oxygens (including phenoxy) is 3. The Bertz CT molecular complexity index is 633. The van der Waals surface area contributed by atoms with Gasteiger partial charge >= 0.3 is 0 Å². The first-order valence-electron chi connectivity index (χ1n) is 6.45. The van der Waals surface area contributed by atoms with Crippen molar-refractivity contribution < 1.29 is 19.3 Å². The van der Waals surface area contributed by atoms with Crippen molar-refractivity contribution >= 4 is 17.0 Å². The van der Waals surface area contributed by atoms with E-state index in [9.17, 15) is 5.11 Å². The van der Waals surface area contributed by atoms with Crippen molar-refractivity contribution in [3.63, 3.8) is 0 Å². The van der Waals surface area contributed by atoms with Gasteiger partial charge in [-0.15, -0.1) is 0 Å². The van der Waals surface area contributed by atoms with E-state index in [1.807, 2.05) is 0 Å². The molecule has 1 saturated heterocycles. The third-order valence-electron chi connectivity index (χ3n) is 3.57. The summed E-state index contributed by atoms with van der Waals surface area (Å²) in [5.41, 5.74) is 6.73. The quantitative estimate of drug-likeness (QED) is 0.762. The van der Waals surface area contributed by atoms with Crippen LogP contribution in [0.4, 0.5) is 5.82 Å². The molecule has 0 radical (unpaired) electrons. The highest BCUT2D eigenvalue weighted by Gasteiger charge is 2.45. The minimum atomic E-state index is -0.872. The van der Waals surface area contributed by atoms with Crippen molar-refractivity contribution in [2.75, 3.05) is 26.6 Å². The van der Waals surface area contributed by atoms with Gasteiger partial charge in [-0.25, -0.2) is 15.0 Å². The molecule has 0 saturated carbocycles. The molecule has 3 rings (SSSR count). The number of aromatic nitrogens is 4. The number of nitrogens with zero attached hydrogens (tertiary/aromatic N) is 4. The number of methoxy groups -OCH3 is 2. The first-order chi connectivity index (χ1) is 10.2. The summed E-state index contributed by atoms with van der Waals surface area (Å²) in [6.45, 7) is 0.315. The zero-order valence-corrected chi connectivity index (χ0v) is 11.7. The van der Waals surface area contributed by atoms with Crippen molar-refractivity contribution in [2.24, 2.45) is 0 Å². The van der Waals surface area contributed by atoms with Crippen molar-refractivity contribution in [1.29, 1.82) is 0 Å². The Kier molecular flexibility index (Phi) is 3.72. The number of imidazole rings is 1. The predicted octanol–water partition coefficient (Wildman–Crippen LogP) is -0.672. The normalized spacial score (nSPS) is 29.3. The zero-order valence-electron chi connectivity index (χ0n) is 11.7. The lowest BCUT2D eigenvalue weighted by atomic mass is 10.1. The summed E-state index contributed by atoms with van der Waals surface area (Å²) in [7, 11) is 3.09. The van der Waals surface area contributed by atoms with E-state index in [0.717, 1.165) is 0 Å². The fourth-order valence-electron chi connectivity index (χ4n) is 2.60. The fourth-order valence-corrected chi connectivity index (χ4v) is 2.60. The molecule has 9 nitrogen and oxygen atoms in total. The highest BCUT2D eigenvalue weighted by Crippen LogP contribution is 2.33. The predicted molar refractivity (Wildman–Crippen MR) is 72.3 cm³/mol. The van der Waals surface area contributed by atoms with E-state index in [-0.39, 0.29) is 11.9 Å². The summed E-state index contributed by atoms with van der Waals surface area (Å²) in [5.74, 6) is 0.281. The molecule has 0 bridgehead atoms. The molecular weight excluding hydrogens is 278 g/mol. The summed E-state index contributed by atoms with van der Waals surface area (Å²) in [6, 6.07) is 0. The fraction of sp³-hybridized carbons (Fsp3) is 0.583. The maximum atomic E-state index is 10.4. The van der Waals surface area contributed by atoms with Gasteiger partial charge in [0.2, 0.25) is 0 Å².